The van der Waals surface area contributed by atoms with Gasteiger partial charge in [0.05, 0.1) is 0 Å². The molecule has 1 atom stereocenters. The molecule has 192 valence electrons. The SMILES string of the molecule is N[C@@H](CCC(=O)O)C(=O)OCCCCCCP(Br)(c1ccccc1)(c1ccccc1)c1ccccc1. The number of carbonyl (C=O) groups is 2. The first-order valence-corrected chi connectivity index (χ1v) is 16.8. The van der Waals surface area contributed by atoms with Crippen LogP contribution in [-0.4, -0.2) is 35.9 Å². The molecule has 0 saturated heterocycles. The minimum absolute atomic E-state index is 0.0883. The number of aliphatic carboxylic acids is 1. The molecule has 0 aliphatic carbocycles. The van der Waals surface area contributed by atoms with Crippen molar-refractivity contribution in [3.8, 4) is 0 Å². The molecular formula is C29H35BrNO4P. The van der Waals surface area contributed by atoms with Gasteiger partial charge in [0.1, 0.15) is 0 Å². The van der Waals surface area contributed by atoms with E-state index >= 15 is 0 Å². The molecule has 0 amide bonds. The van der Waals surface area contributed by atoms with E-state index in [1.165, 1.54) is 15.9 Å². The first-order valence-electron chi connectivity index (χ1n) is 12.4. The molecule has 36 heavy (non-hydrogen) atoms. The first kappa shape index (κ1) is 28.0. The summed E-state index contributed by atoms with van der Waals surface area (Å²) in [5.41, 5.74) is 5.72. The van der Waals surface area contributed by atoms with Crippen molar-refractivity contribution >= 4 is 48.6 Å². The van der Waals surface area contributed by atoms with Crippen LogP contribution in [0, 0.1) is 0 Å². The number of hydrogen-bond acceptors (Lipinski definition) is 4. The standard InChI is InChI=1S/C29H35BrNO4P/c30-36(24-14-6-3-7-15-24,25-16-8-4-9-17-25,26-18-10-5-11-19-26)23-13-2-1-12-22-35-29(34)27(31)20-21-28(32)33/h3-11,14-19,27H,1-2,12-13,20-23,31H2,(H,32,33)/t27-/m0/s1. The molecule has 7 heteroatoms. The third-order valence-corrected chi connectivity index (χ3v) is 16.6. The summed E-state index contributed by atoms with van der Waals surface area (Å²) in [7, 11) is 0. The van der Waals surface area contributed by atoms with Crippen LogP contribution in [0.4, 0.5) is 0 Å². The van der Waals surface area contributed by atoms with Gasteiger partial charge in [-0.15, -0.1) is 0 Å². The third kappa shape index (κ3) is 6.61. The number of carboxylic acid groups (broad SMARTS) is 1. The Kier molecular flexibility index (Phi) is 10.2. The second-order valence-corrected chi connectivity index (χ2v) is 18.1. The van der Waals surface area contributed by atoms with Crippen molar-refractivity contribution in [1.29, 1.82) is 0 Å². The Labute approximate surface area is 221 Å². The van der Waals surface area contributed by atoms with Gasteiger partial charge >= 0.3 is 212 Å². The summed E-state index contributed by atoms with van der Waals surface area (Å²) in [6.07, 6.45) is 4.60. The molecule has 0 aliphatic rings. The van der Waals surface area contributed by atoms with E-state index in [0.717, 1.165) is 31.8 Å². The summed E-state index contributed by atoms with van der Waals surface area (Å²) in [6, 6.07) is 31.4. The van der Waals surface area contributed by atoms with Crippen LogP contribution in [0.2, 0.25) is 0 Å². The number of halogens is 1. The van der Waals surface area contributed by atoms with E-state index in [-0.39, 0.29) is 12.8 Å². The molecule has 5 nitrogen and oxygen atoms in total. The zero-order valence-corrected chi connectivity index (χ0v) is 22.9. The van der Waals surface area contributed by atoms with Gasteiger partial charge in [-0.3, -0.25) is 4.79 Å². The molecule has 3 rings (SSSR count). The Morgan fingerprint density at radius 3 is 1.67 bits per heavy atom. The molecular weight excluding hydrogens is 537 g/mol. The van der Waals surface area contributed by atoms with Gasteiger partial charge in [0.15, 0.2) is 0 Å². The molecule has 0 radical (unpaired) electrons. The van der Waals surface area contributed by atoms with Crippen LogP contribution in [0.5, 0.6) is 0 Å². The zero-order chi connectivity index (χ0) is 25.9. The summed E-state index contributed by atoms with van der Waals surface area (Å²) in [5.74, 6) is -1.50. The first-order chi connectivity index (χ1) is 17.4. The van der Waals surface area contributed by atoms with Gasteiger partial charge < -0.3 is 5.11 Å². The number of nitrogens with two attached hydrogens (primary N) is 1. The monoisotopic (exact) mass is 571 g/mol. The maximum atomic E-state index is 11.9. The van der Waals surface area contributed by atoms with Crippen LogP contribution in [0.25, 0.3) is 0 Å². The predicted molar refractivity (Wildman–Crippen MR) is 153 cm³/mol. The molecule has 0 fully saturated rings. The maximum absolute atomic E-state index is 11.9. The van der Waals surface area contributed by atoms with E-state index in [1.807, 2.05) is 0 Å². The number of carboxylic acids is 1. The van der Waals surface area contributed by atoms with Crippen LogP contribution in [-0.2, 0) is 14.3 Å². The number of unbranched alkanes of at least 4 members (excludes halogenated alkanes) is 3. The summed E-state index contributed by atoms with van der Waals surface area (Å²) in [4.78, 5) is 22.6. The number of esters is 1. The number of carbonyl (C=O) groups excluding carboxylic acids is 1. The quantitative estimate of drug-likeness (QED) is 0.159. The number of ether oxygens (including phenoxy) is 1. The fourth-order valence-electron chi connectivity index (χ4n) is 4.59. The van der Waals surface area contributed by atoms with Crippen LogP contribution in [0.15, 0.2) is 91.0 Å². The molecule has 0 bridgehead atoms. The van der Waals surface area contributed by atoms with Crippen molar-refractivity contribution < 1.29 is 19.4 Å². The van der Waals surface area contributed by atoms with Crippen molar-refractivity contribution in [1.82, 2.24) is 0 Å². The van der Waals surface area contributed by atoms with Crippen molar-refractivity contribution in [3.05, 3.63) is 91.0 Å². The Balaban J connectivity index is 1.68. The molecule has 0 saturated carbocycles. The van der Waals surface area contributed by atoms with Gasteiger partial charge in [-0.05, 0) is 0 Å². The summed E-state index contributed by atoms with van der Waals surface area (Å²) >= 11 is 4.47. The van der Waals surface area contributed by atoms with Crippen LogP contribution >= 0.6 is 20.8 Å². The Morgan fingerprint density at radius 2 is 1.22 bits per heavy atom. The topological polar surface area (TPSA) is 89.6 Å². The van der Waals surface area contributed by atoms with Gasteiger partial charge in [0, 0.05) is 0 Å². The molecule has 3 aromatic carbocycles. The van der Waals surface area contributed by atoms with Gasteiger partial charge in [0.2, 0.25) is 0 Å². The Bertz CT molecular complexity index is 1010. The van der Waals surface area contributed by atoms with Gasteiger partial charge in [-0.1, -0.05) is 0 Å². The second-order valence-electron chi connectivity index (χ2n) is 9.03. The summed E-state index contributed by atoms with van der Waals surface area (Å²) < 4.78 is 5.25. The van der Waals surface area contributed by atoms with E-state index in [0.29, 0.717) is 6.61 Å². The molecule has 0 unspecified atom stereocenters. The molecule has 3 N–H and O–H groups in total. The molecule has 0 spiro atoms. The van der Waals surface area contributed by atoms with Gasteiger partial charge in [-0.25, -0.2) is 0 Å². The molecule has 0 heterocycles. The Hall–Kier alpha value is -2.53. The summed E-state index contributed by atoms with van der Waals surface area (Å²) in [5, 5.41) is 9.76. The van der Waals surface area contributed by atoms with Crippen molar-refractivity contribution in [2.24, 2.45) is 5.73 Å². The average Bonchev–Trinajstić information content (AvgIpc) is 2.92. The third-order valence-electron chi connectivity index (χ3n) is 6.57. The van der Waals surface area contributed by atoms with Crippen LogP contribution in [0.3, 0.4) is 0 Å². The summed E-state index contributed by atoms with van der Waals surface area (Å²) in [6.45, 7) is 0.299. The zero-order valence-electron chi connectivity index (χ0n) is 20.5. The van der Waals surface area contributed by atoms with E-state index in [4.69, 9.17) is 15.6 Å². The van der Waals surface area contributed by atoms with Gasteiger partial charge in [0.25, 0.3) is 0 Å². The van der Waals surface area contributed by atoms with Gasteiger partial charge in [-0.2, -0.15) is 0 Å². The number of rotatable bonds is 14. The molecule has 0 aromatic heterocycles. The minimum atomic E-state index is -2.90. The fourth-order valence-corrected chi connectivity index (χ4v) is 12.3. The van der Waals surface area contributed by atoms with E-state index in [2.05, 4.69) is 106 Å². The number of hydrogen-bond donors (Lipinski definition) is 2. The normalized spacial score (nSPS) is 13.3. The van der Waals surface area contributed by atoms with Crippen molar-refractivity contribution in [2.75, 3.05) is 12.8 Å². The fraction of sp³-hybridized carbons (Fsp3) is 0.310. The molecule has 3 aromatic rings. The Morgan fingerprint density at radius 1 is 0.778 bits per heavy atom. The van der Waals surface area contributed by atoms with Crippen LogP contribution < -0.4 is 21.6 Å². The van der Waals surface area contributed by atoms with Crippen molar-refractivity contribution in [2.45, 2.75) is 44.6 Å². The average molecular weight is 572 g/mol. The number of benzene rings is 3. The van der Waals surface area contributed by atoms with E-state index < -0.39 is 23.3 Å². The van der Waals surface area contributed by atoms with Crippen molar-refractivity contribution in [3.63, 3.8) is 0 Å². The van der Waals surface area contributed by atoms with Crippen LogP contribution in [0.1, 0.15) is 38.5 Å². The van der Waals surface area contributed by atoms with E-state index in [1.54, 1.807) is 0 Å². The predicted octanol–water partition coefficient (Wildman–Crippen LogP) is 5.12. The second kappa shape index (κ2) is 13.1. The molecule has 0 aliphatic heterocycles. The van der Waals surface area contributed by atoms with E-state index in [9.17, 15) is 9.59 Å².